The van der Waals surface area contributed by atoms with Gasteiger partial charge in [-0.25, -0.2) is 4.98 Å². The highest BCUT2D eigenvalue weighted by Crippen LogP contribution is 2.33. The fourth-order valence-electron chi connectivity index (χ4n) is 3.77. The number of nitrogens with one attached hydrogen (secondary N) is 1. The van der Waals surface area contributed by atoms with Crippen molar-refractivity contribution in [3.8, 4) is 0 Å². The first-order chi connectivity index (χ1) is 9.13. The predicted molar refractivity (Wildman–Crippen MR) is 80.6 cm³/mol. The average Bonchev–Trinajstić information content (AvgIpc) is 2.77. The van der Waals surface area contributed by atoms with E-state index in [4.69, 9.17) is 0 Å². The molecule has 0 aromatic carbocycles. The average molecular weight is 279 g/mol. The molecule has 2 aliphatic rings. The molecule has 3 rings (SSSR count). The first-order valence-electron chi connectivity index (χ1n) is 7.53. The second-order valence-corrected chi connectivity index (χ2v) is 7.31. The second-order valence-electron chi connectivity index (χ2n) is 6.25. The van der Waals surface area contributed by atoms with Gasteiger partial charge in [-0.05, 0) is 46.6 Å². The Morgan fingerprint density at radius 1 is 1.37 bits per heavy atom. The minimum Gasteiger partial charge on any atom is -0.306 e. The minimum atomic E-state index is 0.388. The van der Waals surface area contributed by atoms with Crippen LogP contribution in [0, 0.1) is 6.92 Å². The van der Waals surface area contributed by atoms with E-state index in [-0.39, 0.29) is 0 Å². The summed E-state index contributed by atoms with van der Waals surface area (Å²) in [4.78, 5) is 7.23. The third kappa shape index (κ3) is 2.86. The Morgan fingerprint density at radius 3 is 2.63 bits per heavy atom. The molecule has 0 radical (unpaired) electrons. The van der Waals surface area contributed by atoms with Gasteiger partial charge in [0.05, 0.1) is 10.7 Å². The van der Waals surface area contributed by atoms with Gasteiger partial charge < -0.3 is 10.2 Å². The fourth-order valence-corrected chi connectivity index (χ4v) is 4.48. The zero-order chi connectivity index (χ0) is 13.4. The molecule has 1 aromatic rings. The summed E-state index contributed by atoms with van der Waals surface area (Å²) < 4.78 is 0. The number of nitrogens with zero attached hydrogens (tertiary/aromatic N) is 2. The van der Waals surface area contributed by atoms with Crippen LogP contribution in [-0.4, -0.2) is 35.1 Å². The Morgan fingerprint density at radius 2 is 2.05 bits per heavy atom. The van der Waals surface area contributed by atoms with Crippen LogP contribution in [0.5, 0.6) is 0 Å². The summed E-state index contributed by atoms with van der Waals surface area (Å²) in [5, 5.41) is 7.18. The van der Waals surface area contributed by atoms with Gasteiger partial charge in [0.1, 0.15) is 0 Å². The van der Waals surface area contributed by atoms with E-state index < -0.39 is 0 Å². The van der Waals surface area contributed by atoms with Gasteiger partial charge in [0, 0.05) is 29.5 Å². The highest BCUT2D eigenvalue weighted by atomic mass is 32.1. The SMILES string of the molecule is Cc1nc(C(C)NC2CC3CCCC(C2)N3C)cs1. The molecule has 0 amide bonds. The van der Waals surface area contributed by atoms with E-state index in [1.165, 1.54) is 42.8 Å². The van der Waals surface area contributed by atoms with Crippen molar-refractivity contribution in [2.24, 2.45) is 0 Å². The molecule has 3 nitrogen and oxygen atoms in total. The van der Waals surface area contributed by atoms with E-state index >= 15 is 0 Å². The van der Waals surface area contributed by atoms with Crippen molar-refractivity contribution >= 4 is 11.3 Å². The summed E-state index contributed by atoms with van der Waals surface area (Å²) >= 11 is 1.75. The molecule has 106 valence electrons. The van der Waals surface area contributed by atoms with E-state index in [1.54, 1.807) is 11.3 Å². The van der Waals surface area contributed by atoms with Crippen molar-refractivity contribution in [2.45, 2.75) is 70.1 Å². The maximum atomic E-state index is 4.61. The number of fused-ring (bicyclic) bond motifs is 2. The number of hydrogen-bond acceptors (Lipinski definition) is 4. The van der Waals surface area contributed by atoms with Crippen molar-refractivity contribution in [1.82, 2.24) is 15.2 Å². The quantitative estimate of drug-likeness (QED) is 0.921. The third-order valence-electron chi connectivity index (χ3n) is 4.91. The number of piperidine rings is 2. The van der Waals surface area contributed by atoms with Crippen LogP contribution in [0.25, 0.3) is 0 Å². The summed E-state index contributed by atoms with van der Waals surface area (Å²) in [5.74, 6) is 0. The fraction of sp³-hybridized carbons (Fsp3) is 0.800. The highest BCUT2D eigenvalue weighted by molar-refractivity contribution is 7.09. The van der Waals surface area contributed by atoms with Crippen LogP contribution in [-0.2, 0) is 0 Å². The van der Waals surface area contributed by atoms with Gasteiger partial charge in [0.15, 0.2) is 0 Å². The van der Waals surface area contributed by atoms with Crippen LogP contribution in [0.4, 0.5) is 0 Å². The van der Waals surface area contributed by atoms with Crippen molar-refractivity contribution in [1.29, 1.82) is 0 Å². The van der Waals surface area contributed by atoms with Crippen LogP contribution in [0.2, 0.25) is 0 Å². The van der Waals surface area contributed by atoms with Crippen LogP contribution >= 0.6 is 11.3 Å². The molecule has 0 spiro atoms. The lowest BCUT2D eigenvalue weighted by Gasteiger charge is -2.47. The van der Waals surface area contributed by atoms with Gasteiger partial charge in [-0.15, -0.1) is 11.3 Å². The maximum absolute atomic E-state index is 4.61. The number of hydrogen-bond donors (Lipinski definition) is 1. The predicted octanol–water partition coefficient (Wildman–Crippen LogP) is 3.12. The molecule has 0 aliphatic carbocycles. The summed E-state index contributed by atoms with van der Waals surface area (Å²) in [6, 6.07) is 2.66. The van der Waals surface area contributed by atoms with Gasteiger partial charge in [0.2, 0.25) is 0 Å². The topological polar surface area (TPSA) is 28.2 Å². The molecule has 0 saturated carbocycles. The van der Waals surface area contributed by atoms with Crippen molar-refractivity contribution in [3.63, 3.8) is 0 Å². The van der Waals surface area contributed by atoms with E-state index in [0.29, 0.717) is 12.1 Å². The zero-order valence-electron chi connectivity index (χ0n) is 12.2. The monoisotopic (exact) mass is 279 g/mol. The molecule has 1 aromatic heterocycles. The molecular weight excluding hydrogens is 254 g/mol. The van der Waals surface area contributed by atoms with Crippen molar-refractivity contribution in [2.75, 3.05) is 7.05 Å². The molecule has 2 fully saturated rings. The molecule has 4 heteroatoms. The minimum absolute atomic E-state index is 0.388. The summed E-state index contributed by atoms with van der Waals surface area (Å²) in [7, 11) is 2.32. The first-order valence-corrected chi connectivity index (χ1v) is 8.41. The van der Waals surface area contributed by atoms with E-state index in [9.17, 15) is 0 Å². The van der Waals surface area contributed by atoms with Gasteiger partial charge in [-0.2, -0.15) is 0 Å². The Hall–Kier alpha value is -0.450. The molecule has 19 heavy (non-hydrogen) atoms. The Balaban J connectivity index is 1.61. The highest BCUT2D eigenvalue weighted by Gasteiger charge is 2.36. The molecule has 1 N–H and O–H groups in total. The molecule has 2 saturated heterocycles. The van der Waals surface area contributed by atoms with Crippen molar-refractivity contribution in [3.05, 3.63) is 16.1 Å². The van der Waals surface area contributed by atoms with Gasteiger partial charge >= 0.3 is 0 Å². The maximum Gasteiger partial charge on any atom is 0.0898 e. The summed E-state index contributed by atoms with van der Waals surface area (Å²) in [6.45, 7) is 4.34. The van der Waals surface area contributed by atoms with Crippen LogP contribution in [0.3, 0.4) is 0 Å². The normalized spacial score (nSPS) is 33.3. The number of aryl methyl sites for hydroxylation is 1. The lowest BCUT2D eigenvalue weighted by atomic mass is 9.82. The van der Waals surface area contributed by atoms with Gasteiger partial charge in [-0.1, -0.05) is 6.42 Å². The molecule has 2 bridgehead atoms. The Labute approximate surface area is 120 Å². The standard InChI is InChI=1S/C15H25N3S/c1-10(15-9-19-11(2)17-15)16-12-7-13-5-4-6-14(8-12)18(13)3/h9-10,12-14,16H,4-8H2,1-3H3. The molecule has 2 aliphatic heterocycles. The van der Waals surface area contributed by atoms with Gasteiger partial charge in [-0.3, -0.25) is 0 Å². The van der Waals surface area contributed by atoms with E-state index in [0.717, 1.165) is 12.1 Å². The summed E-state index contributed by atoms with van der Waals surface area (Å²) in [5.41, 5.74) is 1.21. The zero-order valence-corrected chi connectivity index (χ0v) is 13.0. The smallest absolute Gasteiger partial charge is 0.0898 e. The summed E-state index contributed by atoms with van der Waals surface area (Å²) in [6.07, 6.45) is 6.80. The Kier molecular flexibility index (Phi) is 3.92. The number of thiazole rings is 1. The number of rotatable bonds is 3. The van der Waals surface area contributed by atoms with Crippen LogP contribution in [0.15, 0.2) is 5.38 Å². The van der Waals surface area contributed by atoms with Gasteiger partial charge in [0.25, 0.3) is 0 Å². The lowest BCUT2D eigenvalue weighted by molar-refractivity contribution is 0.0462. The van der Waals surface area contributed by atoms with E-state index in [2.05, 4.69) is 41.5 Å². The largest absolute Gasteiger partial charge is 0.306 e. The molecule has 3 heterocycles. The first kappa shape index (κ1) is 13.5. The molecular formula is C15H25N3S. The molecule has 3 atom stereocenters. The second kappa shape index (κ2) is 5.51. The van der Waals surface area contributed by atoms with E-state index in [1.807, 2.05) is 0 Å². The lowest BCUT2D eigenvalue weighted by Crippen LogP contribution is -2.54. The Bertz CT molecular complexity index is 417. The van der Waals surface area contributed by atoms with Crippen molar-refractivity contribution < 1.29 is 0 Å². The molecule has 3 unspecified atom stereocenters. The van der Waals surface area contributed by atoms with Crippen LogP contribution < -0.4 is 5.32 Å². The third-order valence-corrected chi connectivity index (χ3v) is 5.70. The number of aromatic nitrogens is 1. The van der Waals surface area contributed by atoms with Crippen LogP contribution in [0.1, 0.15) is 55.8 Å².